The van der Waals surface area contributed by atoms with Gasteiger partial charge in [-0.05, 0) is 30.7 Å². The fourth-order valence-electron chi connectivity index (χ4n) is 3.90. The quantitative estimate of drug-likeness (QED) is 0.503. The number of anilines is 2. The highest BCUT2D eigenvalue weighted by Crippen LogP contribution is 2.64. The van der Waals surface area contributed by atoms with E-state index in [0.717, 1.165) is 11.4 Å². The first-order chi connectivity index (χ1) is 12.0. The molecule has 2 aromatic rings. The van der Waals surface area contributed by atoms with Crippen LogP contribution in [0.3, 0.4) is 0 Å². The maximum atomic E-state index is 13.3. The number of benzene rings is 2. The average molecular weight is 464 g/mol. The molecule has 0 saturated carbocycles. The van der Waals surface area contributed by atoms with E-state index >= 15 is 0 Å². The molecule has 0 atom stereocenters. The van der Waals surface area contributed by atoms with Gasteiger partial charge in [0.15, 0.2) is 5.41 Å². The van der Waals surface area contributed by atoms with Crippen molar-refractivity contribution in [2.75, 3.05) is 9.80 Å². The van der Waals surface area contributed by atoms with Crippen LogP contribution < -0.4 is 9.80 Å². The van der Waals surface area contributed by atoms with E-state index in [-0.39, 0.29) is 11.8 Å². The van der Waals surface area contributed by atoms with Crippen LogP contribution in [0.2, 0.25) is 0 Å². The van der Waals surface area contributed by atoms with Crippen LogP contribution in [0.25, 0.3) is 0 Å². The van der Waals surface area contributed by atoms with Gasteiger partial charge in [-0.1, -0.05) is 75.2 Å². The van der Waals surface area contributed by atoms with Crippen molar-refractivity contribution in [3.8, 4) is 0 Å². The van der Waals surface area contributed by atoms with Gasteiger partial charge in [-0.3, -0.25) is 19.4 Å². The molecule has 4 rings (SSSR count). The zero-order chi connectivity index (χ0) is 17.8. The molecule has 2 aliphatic heterocycles. The number of hydrogen-bond donors (Lipinski definition) is 0. The highest BCUT2D eigenvalue weighted by atomic mass is 79.9. The molecule has 2 saturated heterocycles. The van der Waals surface area contributed by atoms with Gasteiger partial charge in [-0.15, -0.1) is 0 Å². The lowest BCUT2D eigenvalue weighted by atomic mass is 9.84. The van der Waals surface area contributed by atoms with Crippen LogP contribution in [0.1, 0.15) is 13.3 Å². The topological polar surface area (TPSA) is 40.6 Å². The third kappa shape index (κ3) is 1.98. The normalized spacial score (nSPS) is 27.2. The molecule has 0 spiro atoms. The van der Waals surface area contributed by atoms with Crippen LogP contribution >= 0.6 is 31.9 Å². The maximum absolute atomic E-state index is 13.3. The van der Waals surface area contributed by atoms with Gasteiger partial charge in [0, 0.05) is 11.4 Å². The van der Waals surface area contributed by atoms with Crippen molar-refractivity contribution >= 4 is 55.0 Å². The standard InChI is InChI=1S/C19H16Br2N2O2/c1-2-18-16(24)22(13-9-5-3-6-10-13)15(19(18,20)21)23(17(18)25)14-11-7-4-8-12-14/h3-12,15H,2H2,1H3. The summed E-state index contributed by atoms with van der Waals surface area (Å²) < 4.78 is -0.860. The van der Waals surface area contributed by atoms with E-state index in [1.54, 1.807) is 9.80 Å². The number of carbonyl (C=O) groups is 2. The summed E-state index contributed by atoms with van der Waals surface area (Å²) >= 11 is 7.40. The van der Waals surface area contributed by atoms with E-state index in [4.69, 9.17) is 0 Å². The molecule has 2 fully saturated rings. The Balaban J connectivity index is 1.94. The molecule has 128 valence electrons. The zero-order valence-corrected chi connectivity index (χ0v) is 16.7. The first-order valence-electron chi connectivity index (χ1n) is 8.12. The van der Waals surface area contributed by atoms with Gasteiger partial charge < -0.3 is 0 Å². The van der Waals surface area contributed by atoms with Gasteiger partial charge in [0.25, 0.3) is 0 Å². The van der Waals surface area contributed by atoms with Crippen molar-refractivity contribution in [2.24, 2.45) is 5.41 Å². The van der Waals surface area contributed by atoms with Crippen molar-refractivity contribution in [3.05, 3.63) is 60.7 Å². The Hall–Kier alpha value is -1.66. The van der Waals surface area contributed by atoms with Crippen LogP contribution in [0, 0.1) is 5.41 Å². The molecule has 2 bridgehead atoms. The van der Waals surface area contributed by atoms with Gasteiger partial charge >= 0.3 is 0 Å². The van der Waals surface area contributed by atoms with E-state index < -0.39 is 14.8 Å². The monoisotopic (exact) mass is 462 g/mol. The fraction of sp³-hybridized carbons (Fsp3) is 0.263. The molecule has 6 heteroatoms. The van der Waals surface area contributed by atoms with E-state index in [0.29, 0.717) is 6.42 Å². The highest BCUT2D eigenvalue weighted by Gasteiger charge is 2.78. The molecule has 25 heavy (non-hydrogen) atoms. The summed E-state index contributed by atoms with van der Waals surface area (Å²) in [5.74, 6) is -0.339. The number of rotatable bonds is 3. The molecule has 2 heterocycles. The molecular formula is C19H16Br2N2O2. The number of halogens is 2. The minimum absolute atomic E-state index is 0.169. The van der Waals surface area contributed by atoms with E-state index in [1.165, 1.54) is 0 Å². The Morgan fingerprint density at radius 3 is 1.56 bits per heavy atom. The van der Waals surface area contributed by atoms with Crippen LogP contribution in [0.4, 0.5) is 11.4 Å². The van der Waals surface area contributed by atoms with Crippen molar-refractivity contribution < 1.29 is 9.59 Å². The summed E-state index contributed by atoms with van der Waals surface area (Å²) in [6.07, 6.45) is -0.0816. The predicted molar refractivity (Wildman–Crippen MR) is 105 cm³/mol. The van der Waals surface area contributed by atoms with Gasteiger partial charge in [-0.2, -0.15) is 0 Å². The lowest BCUT2D eigenvalue weighted by Gasteiger charge is -2.38. The fourth-order valence-corrected chi connectivity index (χ4v) is 5.96. The number of nitrogens with zero attached hydrogens (tertiary/aromatic N) is 2. The Morgan fingerprint density at radius 1 is 0.840 bits per heavy atom. The molecule has 4 nitrogen and oxygen atoms in total. The molecule has 2 amide bonds. The smallest absolute Gasteiger partial charge is 0.247 e. The van der Waals surface area contributed by atoms with Gasteiger partial charge in [-0.25, -0.2) is 0 Å². The van der Waals surface area contributed by atoms with E-state index in [9.17, 15) is 9.59 Å². The minimum Gasteiger partial charge on any atom is -0.288 e. The second-order valence-electron chi connectivity index (χ2n) is 6.28. The molecule has 2 aromatic carbocycles. The third-order valence-corrected chi connectivity index (χ3v) is 7.32. The number of carbonyl (C=O) groups excluding carboxylic acids is 2. The number of para-hydroxylation sites is 2. The van der Waals surface area contributed by atoms with Crippen molar-refractivity contribution in [1.29, 1.82) is 0 Å². The summed E-state index contributed by atoms with van der Waals surface area (Å²) in [7, 11) is 0. The molecule has 0 unspecified atom stereocenters. The van der Waals surface area contributed by atoms with Crippen molar-refractivity contribution in [3.63, 3.8) is 0 Å². The Labute approximate surface area is 163 Å². The van der Waals surface area contributed by atoms with E-state index in [2.05, 4.69) is 31.9 Å². The largest absolute Gasteiger partial charge is 0.288 e. The Bertz CT molecular complexity index is 780. The van der Waals surface area contributed by atoms with Crippen molar-refractivity contribution in [1.82, 2.24) is 0 Å². The molecule has 2 aliphatic rings. The second-order valence-corrected chi connectivity index (χ2v) is 9.84. The maximum Gasteiger partial charge on any atom is 0.247 e. The zero-order valence-electron chi connectivity index (χ0n) is 13.5. The Kier molecular flexibility index (Phi) is 3.81. The van der Waals surface area contributed by atoms with E-state index in [1.807, 2.05) is 67.6 Å². The molecule has 0 aromatic heterocycles. The van der Waals surface area contributed by atoms with Crippen LogP contribution in [0.5, 0.6) is 0 Å². The van der Waals surface area contributed by atoms with Crippen LogP contribution in [0.15, 0.2) is 60.7 Å². The Morgan fingerprint density at radius 2 is 1.24 bits per heavy atom. The summed E-state index contributed by atoms with van der Waals surface area (Å²) in [6.45, 7) is 1.88. The first-order valence-corrected chi connectivity index (χ1v) is 9.70. The van der Waals surface area contributed by atoms with Gasteiger partial charge in [0.1, 0.15) is 9.40 Å². The number of fused-ring (bicyclic) bond motifs is 2. The molecule has 0 N–H and O–H groups in total. The highest BCUT2D eigenvalue weighted by molar-refractivity contribution is 9.25. The minimum atomic E-state index is -1.18. The number of hydrogen-bond acceptors (Lipinski definition) is 2. The van der Waals surface area contributed by atoms with Crippen molar-refractivity contribution in [2.45, 2.75) is 22.7 Å². The molecule has 0 aliphatic carbocycles. The van der Waals surface area contributed by atoms with Gasteiger partial charge in [0.2, 0.25) is 11.8 Å². The first kappa shape index (κ1) is 16.8. The summed E-state index contributed by atoms with van der Waals surface area (Å²) in [4.78, 5) is 30.1. The molecular weight excluding hydrogens is 448 g/mol. The second kappa shape index (κ2) is 5.68. The summed E-state index contributed by atoms with van der Waals surface area (Å²) in [5, 5.41) is 0. The number of amides is 2. The predicted octanol–water partition coefficient (Wildman–Crippen LogP) is 4.29. The number of alkyl halides is 2. The lowest BCUT2D eigenvalue weighted by molar-refractivity contribution is -0.138. The SMILES string of the molecule is CCC12C(=O)N(c3ccccc3)C(N(c3ccccc3)C1=O)C2(Br)Br. The summed E-state index contributed by atoms with van der Waals surface area (Å²) in [6, 6.07) is 19.0. The summed E-state index contributed by atoms with van der Waals surface area (Å²) in [5.41, 5.74) is 0.387. The molecule has 0 radical (unpaired) electrons. The average Bonchev–Trinajstić information content (AvgIpc) is 2.91. The van der Waals surface area contributed by atoms with Crippen LogP contribution in [-0.4, -0.2) is 21.2 Å². The van der Waals surface area contributed by atoms with Gasteiger partial charge in [0.05, 0.1) is 0 Å². The van der Waals surface area contributed by atoms with Crippen LogP contribution in [-0.2, 0) is 9.59 Å². The lowest BCUT2D eigenvalue weighted by Crippen LogP contribution is -2.57. The third-order valence-electron chi connectivity index (χ3n) is 5.15.